The topological polar surface area (TPSA) is 44.1 Å². The van der Waals surface area contributed by atoms with Crippen molar-refractivity contribution in [1.82, 2.24) is 9.55 Å². The average Bonchev–Trinajstić information content (AvgIpc) is 2.20. The number of hydrogen-bond acceptors (Lipinski definition) is 3. The van der Waals surface area contributed by atoms with E-state index in [1.54, 1.807) is 0 Å². The smallest absolute Gasteiger partial charge is 0.254 e. The van der Waals surface area contributed by atoms with E-state index in [1.165, 1.54) is 17.0 Å². The van der Waals surface area contributed by atoms with Crippen LogP contribution in [0.15, 0.2) is 17.2 Å². The highest BCUT2D eigenvalue weighted by Crippen LogP contribution is 1.96. The van der Waals surface area contributed by atoms with E-state index in [1.807, 2.05) is 0 Å². The number of ether oxygens (including phenoxy) is 1. The van der Waals surface area contributed by atoms with Gasteiger partial charge in [0.25, 0.3) is 5.56 Å². The summed E-state index contributed by atoms with van der Waals surface area (Å²) < 4.78 is 6.83. The van der Waals surface area contributed by atoms with Crippen LogP contribution in [0, 0.1) is 0 Å². The zero-order valence-electron chi connectivity index (χ0n) is 8.78. The lowest BCUT2D eigenvalue weighted by Gasteiger charge is -2.05. The van der Waals surface area contributed by atoms with Crippen LogP contribution in [0.1, 0.15) is 19.8 Å². The fraction of sp³-hybridized carbons (Fsp3) is 0.600. The summed E-state index contributed by atoms with van der Waals surface area (Å²) in [6, 6.07) is 1.30. The van der Waals surface area contributed by atoms with Gasteiger partial charge in [-0.2, -0.15) is 0 Å². The first-order valence-electron chi connectivity index (χ1n) is 5.03. The van der Waals surface area contributed by atoms with E-state index in [9.17, 15) is 4.79 Å². The Morgan fingerprint density at radius 1 is 1.53 bits per heavy atom. The molecule has 1 heterocycles. The van der Waals surface area contributed by atoms with Crippen LogP contribution < -0.4 is 5.56 Å². The summed E-state index contributed by atoms with van der Waals surface area (Å²) in [6.45, 7) is 3.90. The molecule has 1 aromatic rings. The molecule has 0 aliphatic carbocycles. The van der Waals surface area contributed by atoms with E-state index >= 15 is 0 Å². The van der Waals surface area contributed by atoms with Gasteiger partial charge >= 0.3 is 0 Å². The fourth-order valence-corrected chi connectivity index (χ4v) is 1.22. The van der Waals surface area contributed by atoms with Crippen molar-refractivity contribution >= 4 is 11.6 Å². The maximum Gasteiger partial charge on any atom is 0.254 e. The van der Waals surface area contributed by atoms with Crippen LogP contribution in [0.25, 0.3) is 0 Å². The Bertz CT molecular complexity index is 352. The highest BCUT2D eigenvalue weighted by Gasteiger charge is 1.97. The number of aromatic nitrogens is 2. The van der Waals surface area contributed by atoms with E-state index in [0.717, 1.165) is 19.4 Å². The summed E-state index contributed by atoms with van der Waals surface area (Å²) in [5.74, 6) is 0. The van der Waals surface area contributed by atoms with Crippen molar-refractivity contribution in [3.63, 3.8) is 0 Å². The minimum absolute atomic E-state index is 0.144. The molecular weight excluding hydrogens is 216 g/mol. The third-order valence-electron chi connectivity index (χ3n) is 1.96. The molecule has 0 aliphatic heterocycles. The lowest BCUT2D eigenvalue weighted by molar-refractivity contribution is 0.122. The Morgan fingerprint density at radius 3 is 3.00 bits per heavy atom. The van der Waals surface area contributed by atoms with E-state index in [4.69, 9.17) is 16.3 Å². The van der Waals surface area contributed by atoms with Crippen LogP contribution in [-0.4, -0.2) is 22.8 Å². The van der Waals surface area contributed by atoms with Crippen LogP contribution in [0.3, 0.4) is 0 Å². The van der Waals surface area contributed by atoms with E-state index in [-0.39, 0.29) is 10.7 Å². The van der Waals surface area contributed by atoms with Gasteiger partial charge in [-0.25, -0.2) is 4.98 Å². The van der Waals surface area contributed by atoms with Gasteiger partial charge in [0.2, 0.25) is 0 Å². The van der Waals surface area contributed by atoms with Crippen LogP contribution >= 0.6 is 11.6 Å². The third kappa shape index (κ3) is 4.44. The first-order valence-corrected chi connectivity index (χ1v) is 5.41. The second-order valence-electron chi connectivity index (χ2n) is 3.21. The molecule has 0 saturated heterocycles. The summed E-state index contributed by atoms with van der Waals surface area (Å²) in [5, 5.41) is 0.225. The van der Waals surface area contributed by atoms with Crippen molar-refractivity contribution in [3.05, 3.63) is 27.9 Å². The van der Waals surface area contributed by atoms with Gasteiger partial charge in [0.15, 0.2) is 0 Å². The van der Waals surface area contributed by atoms with Gasteiger partial charge in [-0.15, -0.1) is 0 Å². The quantitative estimate of drug-likeness (QED) is 0.552. The summed E-state index contributed by atoms with van der Waals surface area (Å²) in [7, 11) is 0. The molecule has 0 radical (unpaired) electrons. The van der Waals surface area contributed by atoms with Crippen LogP contribution in [0.2, 0.25) is 5.15 Å². The molecule has 0 unspecified atom stereocenters. The first kappa shape index (κ1) is 12.2. The molecule has 5 heteroatoms. The number of hydrogen-bond donors (Lipinski definition) is 0. The third-order valence-corrected chi connectivity index (χ3v) is 2.17. The fourth-order valence-electron chi connectivity index (χ4n) is 1.08. The second-order valence-corrected chi connectivity index (χ2v) is 3.60. The molecular formula is C10H15ClN2O2. The molecule has 4 nitrogen and oxygen atoms in total. The zero-order valence-corrected chi connectivity index (χ0v) is 9.54. The molecule has 1 rings (SSSR count). The Labute approximate surface area is 93.8 Å². The number of halogens is 1. The molecule has 0 bridgehead atoms. The molecule has 0 spiro atoms. The van der Waals surface area contributed by atoms with Crippen LogP contribution in [0.5, 0.6) is 0 Å². The highest BCUT2D eigenvalue weighted by atomic mass is 35.5. The standard InChI is InChI=1S/C10H15ClN2O2/c1-2-3-5-15-6-4-13-8-12-9(11)7-10(13)14/h7-8H,2-6H2,1H3. The van der Waals surface area contributed by atoms with Gasteiger partial charge in [-0.1, -0.05) is 24.9 Å². The largest absolute Gasteiger partial charge is 0.380 e. The molecule has 1 aromatic heterocycles. The minimum Gasteiger partial charge on any atom is -0.380 e. The normalized spacial score (nSPS) is 10.5. The van der Waals surface area contributed by atoms with Gasteiger partial charge in [0.1, 0.15) is 5.15 Å². The number of unbranched alkanes of at least 4 members (excludes halogenated alkanes) is 1. The molecule has 15 heavy (non-hydrogen) atoms. The predicted molar refractivity (Wildman–Crippen MR) is 59.2 cm³/mol. The lowest BCUT2D eigenvalue weighted by atomic mass is 10.4. The van der Waals surface area contributed by atoms with Crippen molar-refractivity contribution in [3.8, 4) is 0 Å². The Hall–Kier alpha value is -0.870. The molecule has 0 amide bonds. The van der Waals surface area contributed by atoms with Gasteiger partial charge in [0.05, 0.1) is 19.5 Å². The molecule has 0 aromatic carbocycles. The van der Waals surface area contributed by atoms with Gasteiger partial charge in [-0.3, -0.25) is 9.36 Å². The summed E-state index contributed by atoms with van der Waals surface area (Å²) in [5.41, 5.74) is -0.144. The average molecular weight is 231 g/mol. The maximum absolute atomic E-state index is 11.3. The SMILES string of the molecule is CCCCOCCn1cnc(Cl)cc1=O. The number of rotatable bonds is 6. The van der Waals surface area contributed by atoms with E-state index < -0.39 is 0 Å². The molecule has 0 aliphatic rings. The van der Waals surface area contributed by atoms with Crippen LogP contribution in [0.4, 0.5) is 0 Å². The van der Waals surface area contributed by atoms with Crippen molar-refractivity contribution in [2.75, 3.05) is 13.2 Å². The minimum atomic E-state index is -0.144. The Morgan fingerprint density at radius 2 is 2.33 bits per heavy atom. The first-order chi connectivity index (χ1) is 7.24. The predicted octanol–water partition coefficient (Wildman–Crippen LogP) is 1.71. The summed E-state index contributed by atoms with van der Waals surface area (Å²) in [4.78, 5) is 15.2. The van der Waals surface area contributed by atoms with Gasteiger partial charge < -0.3 is 4.74 Å². The van der Waals surface area contributed by atoms with Gasteiger partial charge in [0, 0.05) is 12.7 Å². The monoisotopic (exact) mass is 230 g/mol. The van der Waals surface area contributed by atoms with Crippen LogP contribution in [-0.2, 0) is 11.3 Å². The van der Waals surface area contributed by atoms with E-state index in [2.05, 4.69) is 11.9 Å². The molecule has 0 saturated carbocycles. The second kappa shape index (κ2) is 6.58. The Balaban J connectivity index is 2.34. The molecule has 0 atom stereocenters. The molecule has 84 valence electrons. The summed E-state index contributed by atoms with van der Waals surface area (Å²) in [6.07, 6.45) is 3.60. The number of nitrogens with zero attached hydrogens (tertiary/aromatic N) is 2. The molecule has 0 fully saturated rings. The van der Waals surface area contributed by atoms with Gasteiger partial charge in [-0.05, 0) is 6.42 Å². The van der Waals surface area contributed by atoms with E-state index in [0.29, 0.717) is 13.2 Å². The Kier molecular flexibility index (Phi) is 5.36. The lowest BCUT2D eigenvalue weighted by Crippen LogP contribution is -2.21. The zero-order chi connectivity index (χ0) is 11.1. The van der Waals surface area contributed by atoms with Crippen molar-refractivity contribution < 1.29 is 4.74 Å². The highest BCUT2D eigenvalue weighted by molar-refractivity contribution is 6.29. The van der Waals surface area contributed by atoms with Crippen molar-refractivity contribution in [2.24, 2.45) is 0 Å². The maximum atomic E-state index is 11.3. The molecule has 0 N–H and O–H groups in total. The van der Waals surface area contributed by atoms with Crippen molar-refractivity contribution in [1.29, 1.82) is 0 Å². The van der Waals surface area contributed by atoms with Crippen molar-refractivity contribution in [2.45, 2.75) is 26.3 Å². The summed E-state index contributed by atoms with van der Waals surface area (Å²) >= 11 is 5.56.